The molecule has 0 bridgehead atoms. The van der Waals surface area contributed by atoms with Gasteiger partial charge in [-0.05, 0) is 78.2 Å². The maximum absolute atomic E-state index is 2.46. The predicted octanol–water partition coefficient (Wildman–Crippen LogP) is 7.50. The fourth-order valence-electron chi connectivity index (χ4n) is 4.48. The van der Waals surface area contributed by atoms with E-state index in [0.29, 0.717) is 0 Å². The average Bonchev–Trinajstić information content (AvgIpc) is 2.62. The molecule has 0 aliphatic heterocycles. The molecule has 0 spiro atoms. The minimum atomic E-state index is 0.790. The molecular weight excluding hydrogens is 288 g/mol. The number of fused-ring (bicyclic) bond motifs is 1. The summed E-state index contributed by atoms with van der Waals surface area (Å²) in [6, 6.07) is 14.3. The Balaban J connectivity index is 1.66. The molecule has 0 radical (unpaired) electrons. The zero-order chi connectivity index (χ0) is 16.9. The lowest BCUT2D eigenvalue weighted by Gasteiger charge is -2.30. The smallest absolute Gasteiger partial charge is 0.0162 e. The Kier molecular flexibility index (Phi) is 5.98. The highest BCUT2D eigenvalue weighted by Crippen LogP contribution is 2.39. The number of rotatable bonds is 6. The first-order valence-corrected chi connectivity index (χ1v) is 10.2. The molecule has 0 aromatic heterocycles. The van der Waals surface area contributed by atoms with Gasteiger partial charge >= 0.3 is 0 Å². The summed E-state index contributed by atoms with van der Waals surface area (Å²) in [5, 5.41) is 2.84. The van der Waals surface area contributed by atoms with Crippen molar-refractivity contribution in [3.05, 3.63) is 47.5 Å². The highest BCUT2D eigenvalue weighted by molar-refractivity contribution is 5.84. The van der Waals surface area contributed by atoms with Gasteiger partial charge in [-0.15, -0.1) is 0 Å². The van der Waals surface area contributed by atoms with Crippen LogP contribution in [-0.2, 0) is 6.42 Å². The van der Waals surface area contributed by atoms with Crippen LogP contribution in [0.5, 0.6) is 0 Å². The van der Waals surface area contributed by atoms with Gasteiger partial charge in [0.1, 0.15) is 0 Å². The lowest BCUT2D eigenvalue weighted by molar-refractivity contribution is 0.273. The summed E-state index contributed by atoms with van der Waals surface area (Å²) in [5.41, 5.74) is 3.05. The topological polar surface area (TPSA) is 0 Å². The lowest BCUT2D eigenvalue weighted by atomic mass is 9.75. The van der Waals surface area contributed by atoms with Crippen LogP contribution in [0.2, 0.25) is 0 Å². The van der Waals surface area contributed by atoms with E-state index in [0.717, 1.165) is 17.8 Å². The van der Waals surface area contributed by atoms with Gasteiger partial charge in [0.15, 0.2) is 0 Å². The third-order valence-corrected chi connectivity index (χ3v) is 6.22. The third kappa shape index (κ3) is 4.21. The van der Waals surface area contributed by atoms with Crippen LogP contribution in [0.25, 0.3) is 10.8 Å². The fourth-order valence-corrected chi connectivity index (χ4v) is 4.48. The summed E-state index contributed by atoms with van der Waals surface area (Å²) < 4.78 is 0. The van der Waals surface area contributed by atoms with Gasteiger partial charge in [0, 0.05) is 0 Å². The number of aryl methyl sites for hydroxylation is 1. The molecule has 0 heterocycles. The Labute approximate surface area is 148 Å². The van der Waals surface area contributed by atoms with E-state index in [-0.39, 0.29) is 0 Å². The largest absolute Gasteiger partial charge is 0.0651 e. The second kappa shape index (κ2) is 8.19. The van der Waals surface area contributed by atoms with Crippen molar-refractivity contribution >= 4 is 10.8 Å². The minimum Gasteiger partial charge on any atom is -0.0651 e. The molecule has 1 aliphatic carbocycles. The normalized spacial score (nSPS) is 22.6. The SMILES string of the molecule is CCCc1ccc2cc(C3CCC(CC(C)CC)CC3)ccc2c1. The van der Waals surface area contributed by atoms with Gasteiger partial charge in [-0.1, -0.05) is 70.0 Å². The molecule has 1 saturated carbocycles. The number of hydrogen-bond donors (Lipinski definition) is 0. The second-order valence-corrected chi connectivity index (χ2v) is 8.16. The van der Waals surface area contributed by atoms with Crippen molar-refractivity contribution in [2.24, 2.45) is 11.8 Å². The van der Waals surface area contributed by atoms with Gasteiger partial charge in [0.25, 0.3) is 0 Å². The highest BCUT2D eigenvalue weighted by Gasteiger charge is 2.23. The zero-order valence-corrected chi connectivity index (χ0v) is 15.9. The molecule has 0 N–H and O–H groups in total. The van der Waals surface area contributed by atoms with Crippen molar-refractivity contribution in [2.45, 2.75) is 78.1 Å². The molecule has 130 valence electrons. The lowest BCUT2D eigenvalue weighted by Crippen LogP contribution is -2.15. The van der Waals surface area contributed by atoms with Crippen molar-refractivity contribution in [1.82, 2.24) is 0 Å². The summed E-state index contributed by atoms with van der Waals surface area (Å²) in [7, 11) is 0. The summed E-state index contributed by atoms with van der Waals surface area (Å²) >= 11 is 0. The standard InChI is InChI=1S/C24H34/c1-4-6-19-9-12-24-17-23(14-13-22(24)16-19)21-10-7-20(8-11-21)15-18(3)5-2/h9,12-14,16-18,20-21H,4-8,10-11,15H2,1-3H3. The molecule has 1 atom stereocenters. The number of hydrogen-bond acceptors (Lipinski definition) is 0. The van der Waals surface area contributed by atoms with Crippen LogP contribution in [-0.4, -0.2) is 0 Å². The Bertz CT molecular complexity index is 646. The monoisotopic (exact) mass is 322 g/mol. The van der Waals surface area contributed by atoms with E-state index in [1.165, 1.54) is 67.7 Å². The zero-order valence-electron chi connectivity index (χ0n) is 15.9. The Morgan fingerprint density at radius 2 is 1.62 bits per heavy atom. The summed E-state index contributed by atoms with van der Waals surface area (Å²) in [6.07, 6.45) is 10.8. The van der Waals surface area contributed by atoms with E-state index in [1.807, 2.05) is 0 Å². The van der Waals surface area contributed by atoms with Crippen molar-refractivity contribution < 1.29 is 0 Å². The van der Waals surface area contributed by atoms with Gasteiger partial charge in [-0.2, -0.15) is 0 Å². The number of benzene rings is 2. The van der Waals surface area contributed by atoms with Crippen LogP contribution in [0.4, 0.5) is 0 Å². The van der Waals surface area contributed by atoms with Gasteiger partial charge in [-0.3, -0.25) is 0 Å². The molecule has 1 unspecified atom stereocenters. The van der Waals surface area contributed by atoms with Crippen LogP contribution in [0, 0.1) is 11.8 Å². The molecule has 0 saturated heterocycles. The van der Waals surface area contributed by atoms with E-state index in [4.69, 9.17) is 0 Å². The Morgan fingerprint density at radius 1 is 0.917 bits per heavy atom. The fraction of sp³-hybridized carbons (Fsp3) is 0.583. The van der Waals surface area contributed by atoms with Crippen molar-refractivity contribution in [1.29, 1.82) is 0 Å². The molecule has 0 heteroatoms. The van der Waals surface area contributed by atoms with Crippen molar-refractivity contribution in [3.8, 4) is 0 Å². The Hall–Kier alpha value is -1.30. The molecular formula is C24H34. The molecule has 1 fully saturated rings. The van der Waals surface area contributed by atoms with E-state index in [2.05, 4.69) is 57.2 Å². The molecule has 0 amide bonds. The molecule has 3 rings (SSSR count). The van der Waals surface area contributed by atoms with Gasteiger partial charge in [-0.25, -0.2) is 0 Å². The van der Waals surface area contributed by atoms with E-state index < -0.39 is 0 Å². The average molecular weight is 323 g/mol. The minimum absolute atomic E-state index is 0.790. The van der Waals surface area contributed by atoms with Crippen LogP contribution >= 0.6 is 0 Å². The van der Waals surface area contributed by atoms with Crippen LogP contribution in [0.15, 0.2) is 36.4 Å². The summed E-state index contributed by atoms with van der Waals surface area (Å²) in [5.74, 6) is 2.68. The van der Waals surface area contributed by atoms with Gasteiger partial charge in [0.2, 0.25) is 0 Å². The van der Waals surface area contributed by atoms with Crippen molar-refractivity contribution in [3.63, 3.8) is 0 Å². The van der Waals surface area contributed by atoms with Crippen LogP contribution < -0.4 is 0 Å². The van der Waals surface area contributed by atoms with Gasteiger partial charge in [0.05, 0.1) is 0 Å². The quantitative estimate of drug-likeness (QED) is 0.516. The van der Waals surface area contributed by atoms with Gasteiger partial charge < -0.3 is 0 Å². The molecule has 24 heavy (non-hydrogen) atoms. The van der Waals surface area contributed by atoms with Crippen LogP contribution in [0.1, 0.15) is 82.8 Å². The third-order valence-electron chi connectivity index (χ3n) is 6.22. The maximum atomic E-state index is 2.46. The van der Waals surface area contributed by atoms with E-state index in [9.17, 15) is 0 Å². The molecule has 0 nitrogen and oxygen atoms in total. The first kappa shape index (κ1) is 17.5. The molecule has 2 aromatic carbocycles. The van der Waals surface area contributed by atoms with E-state index in [1.54, 1.807) is 5.56 Å². The highest BCUT2D eigenvalue weighted by atomic mass is 14.3. The second-order valence-electron chi connectivity index (χ2n) is 8.16. The summed E-state index contributed by atoms with van der Waals surface area (Å²) in [6.45, 7) is 7.00. The Morgan fingerprint density at radius 3 is 2.33 bits per heavy atom. The first-order valence-electron chi connectivity index (χ1n) is 10.2. The predicted molar refractivity (Wildman–Crippen MR) is 107 cm³/mol. The summed E-state index contributed by atoms with van der Waals surface area (Å²) in [4.78, 5) is 0. The maximum Gasteiger partial charge on any atom is -0.0162 e. The molecule has 2 aromatic rings. The molecule has 1 aliphatic rings. The van der Waals surface area contributed by atoms with Crippen LogP contribution in [0.3, 0.4) is 0 Å². The first-order chi connectivity index (χ1) is 11.7. The van der Waals surface area contributed by atoms with E-state index >= 15 is 0 Å². The van der Waals surface area contributed by atoms with Crippen molar-refractivity contribution in [2.75, 3.05) is 0 Å².